The average molecular weight is 270 g/mol. The average Bonchev–Trinajstić information content (AvgIpc) is 2.43. The predicted octanol–water partition coefficient (Wildman–Crippen LogP) is 1.80. The molecule has 0 bridgehead atoms. The number of amides is 1. The third-order valence-corrected chi connectivity index (χ3v) is 3.40. The maximum absolute atomic E-state index is 13.8. The third-order valence-electron chi connectivity index (χ3n) is 3.40. The fraction of sp³-hybridized carbons (Fsp3) is 0.462. The van der Waals surface area contributed by atoms with Crippen LogP contribution in [-0.2, 0) is 4.74 Å². The number of carbonyl (C=O) groups is 1. The number of rotatable bonds is 2. The van der Waals surface area contributed by atoms with Crippen LogP contribution in [0.3, 0.4) is 0 Å². The van der Waals surface area contributed by atoms with Crippen LogP contribution in [0.15, 0.2) is 12.1 Å². The van der Waals surface area contributed by atoms with Gasteiger partial charge in [-0.1, -0.05) is 0 Å². The topological polar surface area (TPSA) is 55.6 Å². The van der Waals surface area contributed by atoms with Gasteiger partial charge in [0.25, 0.3) is 5.91 Å². The minimum absolute atomic E-state index is 0.0968. The van der Waals surface area contributed by atoms with Crippen molar-refractivity contribution in [3.63, 3.8) is 0 Å². The van der Waals surface area contributed by atoms with Crippen LogP contribution in [-0.4, -0.2) is 37.1 Å². The molecule has 0 radical (unpaired) electrons. The molecule has 0 aromatic heterocycles. The van der Waals surface area contributed by atoms with E-state index in [0.29, 0.717) is 25.9 Å². The zero-order valence-corrected chi connectivity index (χ0v) is 10.7. The van der Waals surface area contributed by atoms with Gasteiger partial charge in [-0.2, -0.15) is 0 Å². The van der Waals surface area contributed by atoms with Crippen LogP contribution in [0.2, 0.25) is 0 Å². The van der Waals surface area contributed by atoms with Crippen molar-refractivity contribution in [1.29, 1.82) is 0 Å². The van der Waals surface area contributed by atoms with E-state index in [-0.39, 0.29) is 11.8 Å². The number of hydrogen-bond acceptors (Lipinski definition) is 3. The summed E-state index contributed by atoms with van der Waals surface area (Å²) in [6.07, 6.45) is 1.42. The van der Waals surface area contributed by atoms with Gasteiger partial charge in [-0.15, -0.1) is 0 Å². The van der Waals surface area contributed by atoms with Crippen LogP contribution < -0.4 is 5.73 Å². The van der Waals surface area contributed by atoms with Crippen molar-refractivity contribution in [1.82, 2.24) is 4.90 Å². The van der Waals surface area contributed by atoms with E-state index in [9.17, 15) is 13.6 Å². The van der Waals surface area contributed by atoms with Crippen LogP contribution in [0.1, 0.15) is 23.2 Å². The summed E-state index contributed by atoms with van der Waals surface area (Å²) < 4.78 is 32.6. The molecule has 0 saturated carbocycles. The number of hydrogen-bond donors (Lipinski definition) is 1. The van der Waals surface area contributed by atoms with Gasteiger partial charge in [-0.25, -0.2) is 8.78 Å². The summed E-state index contributed by atoms with van der Waals surface area (Å²) in [5.74, 6) is -2.53. The Balaban J connectivity index is 2.19. The Morgan fingerprint density at radius 2 is 2.00 bits per heavy atom. The number of nitrogens with zero attached hydrogens (tertiary/aromatic N) is 1. The second-order valence-corrected chi connectivity index (χ2v) is 4.55. The quantitative estimate of drug-likeness (QED) is 0.834. The molecule has 1 aromatic carbocycles. The smallest absolute Gasteiger partial charge is 0.259 e. The molecule has 1 heterocycles. The maximum atomic E-state index is 13.8. The van der Waals surface area contributed by atoms with Gasteiger partial charge < -0.3 is 15.4 Å². The summed E-state index contributed by atoms with van der Waals surface area (Å²) in [5.41, 5.74) is 4.57. The van der Waals surface area contributed by atoms with Gasteiger partial charge in [-0.3, -0.25) is 4.79 Å². The number of carbonyl (C=O) groups excluding carboxylic acids is 1. The first kappa shape index (κ1) is 13.7. The minimum atomic E-state index is -0.987. The third kappa shape index (κ3) is 2.68. The molecule has 1 fully saturated rings. The zero-order chi connectivity index (χ0) is 14.0. The lowest BCUT2D eigenvalue weighted by molar-refractivity contribution is 0.0346. The second kappa shape index (κ2) is 5.52. The van der Waals surface area contributed by atoms with Gasteiger partial charge in [0.2, 0.25) is 0 Å². The largest absolute Gasteiger partial charge is 0.396 e. The number of anilines is 1. The molecule has 1 amide bonds. The van der Waals surface area contributed by atoms with E-state index in [4.69, 9.17) is 10.5 Å². The van der Waals surface area contributed by atoms with Crippen LogP contribution in [0.5, 0.6) is 0 Å². The maximum Gasteiger partial charge on any atom is 0.259 e. The van der Waals surface area contributed by atoms with Gasteiger partial charge in [0.1, 0.15) is 11.4 Å². The van der Waals surface area contributed by atoms with E-state index in [1.54, 1.807) is 7.11 Å². The van der Waals surface area contributed by atoms with Crippen LogP contribution in [0.4, 0.5) is 14.5 Å². The van der Waals surface area contributed by atoms with Crippen molar-refractivity contribution >= 4 is 11.6 Å². The molecule has 1 aliphatic heterocycles. The van der Waals surface area contributed by atoms with E-state index in [1.165, 1.54) is 4.90 Å². The molecule has 0 atom stereocenters. The predicted molar refractivity (Wildman–Crippen MR) is 66.7 cm³/mol. The van der Waals surface area contributed by atoms with Crippen molar-refractivity contribution in [2.45, 2.75) is 18.9 Å². The Hall–Kier alpha value is -1.69. The first-order valence-corrected chi connectivity index (χ1v) is 6.10. The molecule has 1 saturated heterocycles. The van der Waals surface area contributed by atoms with E-state index >= 15 is 0 Å². The molecule has 0 aliphatic carbocycles. The standard InChI is InChI=1S/C13H16F2N2O2/c1-19-8-4-6-17(7-5-8)13(18)11-9(14)2-3-10(16)12(11)15/h2-3,8H,4-7,16H2,1H3. The lowest BCUT2D eigenvalue weighted by Crippen LogP contribution is -2.41. The van der Waals surface area contributed by atoms with Crippen molar-refractivity contribution < 1.29 is 18.3 Å². The van der Waals surface area contributed by atoms with Crippen molar-refractivity contribution in [2.24, 2.45) is 0 Å². The molecule has 0 spiro atoms. The highest BCUT2D eigenvalue weighted by Crippen LogP contribution is 2.22. The zero-order valence-electron chi connectivity index (χ0n) is 10.7. The normalized spacial score (nSPS) is 16.7. The van der Waals surface area contributed by atoms with E-state index in [1.807, 2.05) is 0 Å². The lowest BCUT2D eigenvalue weighted by atomic mass is 10.1. The van der Waals surface area contributed by atoms with Gasteiger partial charge in [0, 0.05) is 20.2 Å². The molecular formula is C13H16F2N2O2. The lowest BCUT2D eigenvalue weighted by Gasteiger charge is -2.31. The highest BCUT2D eigenvalue weighted by molar-refractivity contribution is 5.95. The minimum Gasteiger partial charge on any atom is -0.396 e. The number of ether oxygens (including phenoxy) is 1. The molecule has 4 nitrogen and oxygen atoms in total. The molecule has 19 heavy (non-hydrogen) atoms. The van der Waals surface area contributed by atoms with Crippen molar-refractivity contribution in [3.8, 4) is 0 Å². The summed E-state index contributed by atoms with van der Waals surface area (Å²) in [4.78, 5) is 13.6. The van der Waals surface area contributed by atoms with E-state index in [2.05, 4.69) is 0 Å². The van der Waals surface area contributed by atoms with Crippen LogP contribution in [0, 0.1) is 11.6 Å². The first-order chi connectivity index (χ1) is 9.04. The first-order valence-electron chi connectivity index (χ1n) is 6.10. The fourth-order valence-electron chi connectivity index (χ4n) is 2.22. The number of nitrogen functional groups attached to an aromatic ring is 1. The van der Waals surface area contributed by atoms with Crippen LogP contribution >= 0.6 is 0 Å². The monoisotopic (exact) mass is 270 g/mol. The number of benzene rings is 1. The summed E-state index contributed by atoms with van der Waals surface area (Å²) >= 11 is 0. The highest BCUT2D eigenvalue weighted by atomic mass is 19.1. The van der Waals surface area contributed by atoms with Gasteiger partial charge >= 0.3 is 0 Å². The number of nitrogens with two attached hydrogens (primary N) is 1. The molecule has 6 heteroatoms. The molecule has 0 unspecified atom stereocenters. The molecule has 2 rings (SSSR count). The molecule has 104 valence electrons. The Bertz CT molecular complexity index is 486. The molecule has 2 N–H and O–H groups in total. The van der Waals surface area contributed by atoms with Crippen LogP contribution in [0.25, 0.3) is 0 Å². The number of halogens is 2. The van der Waals surface area contributed by atoms with Crippen molar-refractivity contribution in [3.05, 3.63) is 29.3 Å². The summed E-state index contributed by atoms with van der Waals surface area (Å²) in [6, 6.07) is 2.12. The Morgan fingerprint density at radius 3 is 2.58 bits per heavy atom. The SMILES string of the molecule is COC1CCN(C(=O)c2c(F)ccc(N)c2F)CC1. The van der Waals surface area contributed by atoms with Crippen molar-refractivity contribution in [2.75, 3.05) is 25.9 Å². The number of piperidine rings is 1. The molecule has 1 aromatic rings. The van der Waals surface area contributed by atoms with E-state index in [0.717, 1.165) is 12.1 Å². The van der Waals surface area contributed by atoms with Gasteiger partial charge in [0.15, 0.2) is 5.82 Å². The van der Waals surface area contributed by atoms with Gasteiger partial charge in [-0.05, 0) is 25.0 Å². The number of likely N-dealkylation sites (tertiary alicyclic amines) is 1. The second-order valence-electron chi connectivity index (χ2n) is 4.55. The fourth-order valence-corrected chi connectivity index (χ4v) is 2.22. The Kier molecular flexibility index (Phi) is 3.99. The summed E-state index contributed by atoms with van der Waals surface area (Å²) in [7, 11) is 1.61. The molecule has 1 aliphatic rings. The summed E-state index contributed by atoms with van der Waals surface area (Å²) in [6.45, 7) is 0.843. The Morgan fingerprint density at radius 1 is 1.37 bits per heavy atom. The van der Waals surface area contributed by atoms with E-state index < -0.39 is 23.1 Å². The number of methoxy groups -OCH3 is 1. The molecular weight excluding hydrogens is 254 g/mol. The summed E-state index contributed by atoms with van der Waals surface area (Å²) in [5, 5.41) is 0. The van der Waals surface area contributed by atoms with Gasteiger partial charge in [0.05, 0.1) is 11.8 Å². The highest BCUT2D eigenvalue weighted by Gasteiger charge is 2.28. The Labute approximate surface area is 110 Å².